The van der Waals surface area contributed by atoms with Crippen LogP contribution in [-0.2, 0) is 10.2 Å². The highest BCUT2D eigenvalue weighted by molar-refractivity contribution is 6.07. The monoisotopic (exact) mass is 371 g/mol. The van der Waals surface area contributed by atoms with E-state index >= 15 is 0 Å². The van der Waals surface area contributed by atoms with Crippen LogP contribution in [0.4, 0.5) is 0 Å². The van der Waals surface area contributed by atoms with Gasteiger partial charge >= 0.3 is 0 Å². The van der Waals surface area contributed by atoms with Gasteiger partial charge in [0, 0.05) is 7.05 Å². The maximum atomic E-state index is 13.1. The van der Waals surface area contributed by atoms with E-state index in [4.69, 9.17) is 10.1 Å². The van der Waals surface area contributed by atoms with Crippen LogP contribution in [-0.4, -0.2) is 36.0 Å². The third-order valence-electron chi connectivity index (χ3n) is 5.94. The number of likely N-dealkylation sites (N-methyl/N-ethyl adjacent to an activating group) is 1. The first kappa shape index (κ1) is 19.7. The van der Waals surface area contributed by atoms with Crippen LogP contribution in [0.25, 0.3) is 0 Å². The SMILES string of the molecule is CN1C(=N)NC(COc2ccccc2C(C)(C)C)(CC2CCCCC2)C1=O. The van der Waals surface area contributed by atoms with E-state index < -0.39 is 5.54 Å². The molecule has 1 amide bonds. The number of para-hydroxylation sites is 1. The van der Waals surface area contributed by atoms with Gasteiger partial charge in [-0.1, -0.05) is 71.1 Å². The number of hydrogen-bond donors (Lipinski definition) is 2. The molecule has 0 bridgehead atoms. The number of rotatable bonds is 5. The Morgan fingerprint density at radius 3 is 2.48 bits per heavy atom. The lowest BCUT2D eigenvalue weighted by Crippen LogP contribution is -2.53. The lowest BCUT2D eigenvalue weighted by atomic mass is 9.79. The van der Waals surface area contributed by atoms with Crippen molar-refractivity contribution in [2.45, 2.75) is 70.3 Å². The number of ether oxygens (including phenoxy) is 1. The summed E-state index contributed by atoms with van der Waals surface area (Å²) in [6.07, 6.45) is 6.80. The summed E-state index contributed by atoms with van der Waals surface area (Å²) in [5, 5.41) is 11.3. The third-order valence-corrected chi connectivity index (χ3v) is 5.94. The minimum absolute atomic E-state index is 0.0380. The maximum Gasteiger partial charge on any atom is 0.258 e. The van der Waals surface area contributed by atoms with Crippen molar-refractivity contribution in [3.8, 4) is 5.75 Å². The number of nitrogens with one attached hydrogen (secondary N) is 2. The number of benzene rings is 1. The van der Waals surface area contributed by atoms with Gasteiger partial charge in [0.25, 0.3) is 5.91 Å². The Kier molecular flexibility index (Phi) is 5.50. The Balaban J connectivity index is 1.83. The van der Waals surface area contributed by atoms with Crippen molar-refractivity contribution in [3.63, 3.8) is 0 Å². The Hall–Kier alpha value is -2.04. The number of guanidine groups is 1. The van der Waals surface area contributed by atoms with Gasteiger partial charge in [-0.25, -0.2) is 0 Å². The second-order valence-corrected chi connectivity index (χ2v) is 9.16. The largest absolute Gasteiger partial charge is 0.490 e. The number of carbonyl (C=O) groups is 1. The van der Waals surface area contributed by atoms with Gasteiger partial charge in [0.1, 0.15) is 12.4 Å². The minimum atomic E-state index is -0.834. The summed E-state index contributed by atoms with van der Waals surface area (Å²) in [6.45, 7) is 6.74. The van der Waals surface area contributed by atoms with Crippen LogP contribution in [0.1, 0.15) is 64.9 Å². The quantitative estimate of drug-likeness (QED) is 0.820. The lowest BCUT2D eigenvalue weighted by molar-refractivity contribution is -0.132. The van der Waals surface area contributed by atoms with Gasteiger partial charge in [-0.15, -0.1) is 0 Å². The van der Waals surface area contributed by atoms with E-state index in [1.165, 1.54) is 24.2 Å². The highest BCUT2D eigenvalue weighted by atomic mass is 16.5. The van der Waals surface area contributed by atoms with Crippen molar-refractivity contribution in [2.24, 2.45) is 5.92 Å². The Morgan fingerprint density at radius 2 is 1.89 bits per heavy atom. The van der Waals surface area contributed by atoms with Crippen LogP contribution in [0, 0.1) is 11.3 Å². The highest BCUT2D eigenvalue weighted by Crippen LogP contribution is 2.35. The van der Waals surface area contributed by atoms with Crippen molar-refractivity contribution in [2.75, 3.05) is 13.7 Å². The second-order valence-electron chi connectivity index (χ2n) is 9.16. The molecule has 1 aromatic rings. The number of amides is 1. The molecule has 5 nitrogen and oxygen atoms in total. The van der Waals surface area contributed by atoms with Crippen molar-refractivity contribution in [1.82, 2.24) is 10.2 Å². The second kappa shape index (κ2) is 7.53. The van der Waals surface area contributed by atoms with Crippen LogP contribution in [0.5, 0.6) is 5.75 Å². The van der Waals surface area contributed by atoms with E-state index in [2.05, 4.69) is 32.2 Å². The first-order valence-corrected chi connectivity index (χ1v) is 10.1. The molecule has 1 saturated carbocycles. The molecule has 27 heavy (non-hydrogen) atoms. The Labute approximate surface area is 163 Å². The minimum Gasteiger partial charge on any atom is -0.490 e. The normalized spacial score (nSPS) is 24.2. The summed E-state index contributed by atoms with van der Waals surface area (Å²) in [4.78, 5) is 14.5. The summed E-state index contributed by atoms with van der Waals surface area (Å²) in [7, 11) is 1.67. The van der Waals surface area contributed by atoms with Crippen LogP contribution >= 0.6 is 0 Å². The molecule has 1 heterocycles. The molecule has 1 aliphatic carbocycles. The first-order chi connectivity index (χ1) is 12.7. The molecular formula is C22H33N3O2. The van der Waals surface area contributed by atoms with Gasteiger partial charge in [-0.2, -0.15) is 0 Å². The number of carbonyl (C=O) groups excluding carboxylic acids is 1. The number of hydrogen-bond acceptors (Lipinski definition) is 3. The van der Waals surface area contributed by atoms with Crippen LogP contribution in [0.3, 0.4) is 0 Å². The number of nitrogens with zero attached hydrogens (tertiary/aromatic N) is 1. The smallest absolute Gasteiger partial charge is 0.258 e. The van der Waals surface area contributed by atoms with E-state index in [0.29, 0.717) is 5.92 Å². The summed E-state index contributed by atoms with van der Waals surface area (Å²) < 4.78 is 6.25. The van der Waals surface area contributed by atoms with Crippen molar-refractivity contribution < 1.29 is 9.53 Å². The molecule has 148 valence electrons. The fraction of sp³-hybridized carbons (Fsp3) is 0.636. The van der Waals surface area contributed by atoms with Crippen molar-refractivity contribution >= 4 is 11.9 Å². The van der Waals surface area contributed by atoms with Gasteiger partial charge < -0.3 is 10.1 Å². The van der Waals surface area contributed by atoms with Crippen molar-refractivity contribution in [1.29, 1.82) is 5.41 Å². The predicted molar refractivity (Wildman–Crippen MR) is 108 cm³/mol. The maximum absolute atomic E-state index is 13.1. The summed E-state index contributed by atoms with van der Waals surface area (Å²) >= 11 is 0. The molecular weight excluding hydrogens is 338 g/mol. The predicted octanol–water partition coefficient (Wildman–Crippen LogP) is 4.07. The molecule has 1 saturated heterocycles. The third kappa shape index (κ3) is 4.12. The average molecular weight is 372 g/mol. The fourth-order valence-electron chi connectivity index (χ4n) is 4.38. The Morgan fingerprint density at radius 1 is 1.22 bits per heavy atom. The average Bonchev–Trinajstić information content (AvgIpc) is 2.84. The molecule has 0 radical (unpaired) electrons. The molecule has 0 aromatic heterocycles. The van der Waals surface area contributed by atoms with E-state index in [-0.39, 0.29) is 23.9 Å². The molecule has 0 spiro atoms. The van der Waals surface area contributed by atoms with Gasteiger partial charge in [0.2, 0.25) is 0 Å². The van der Waals surface area contributed by atoms with Gasteiger partial charge in [-0.05, 0) is 29.4 Å². The van der Waals surface area contributed by atoms with Gasteiger partial charge in [0.05, 0.1) is 0 Å². The van der Waals surface area contributed by atoms with E-state index in [0.717, 1.165) is 30.6 Å². The molecule has 1 atom stereocenters. The summed E-state index contributed by atoms with van der Waals surface area (Å²) in [5.41, 5.74) is 0.259. The molecule has 1 aliphatic heterocycles. The van der Waals surface area contributed by atoms with Crippen LogP contribution in [0.15, 0.2) is 24.3 Å². The summed E-state index contributed by atoms with van der Waals surface area (Å²) in [5.74, 6) is 1.45. The standard InChI is InChI=1S/C22H33N3O2/c1-21(2,3)17-12-8-9-13-18(17)27-15-22(14-16-10-6-5-7-11-16)19(26)25(4)20(23)24-22/h8-9,12-13,16H,5-7,10-11,14-15H2,1-4H3,(H2,23,24). The molecule has 2 fully saturated rings. The highest BCUT2D eigenvalue weighted by Gasteiger charge is 2.50. The molecule has 1 unspecified atom stereocenters. The van der Waals surface area contributed by atoms with Gasteiger partial charge in [0.15, 0.2) is 11.5 Å². The Bertz CT molecular complexity index is 704. The van der Waals surface area contributed by atoms with E-state index in [1.807, 2.05) is 18.2 Å². The van der Waals surface area contributed by atoms with Crippen LogP contribution < -0.4 is 10.1 Å². The zero-order valence-corrected chi connectivity index (χ0v) is 17.1. The molecule has 1 aromatic carbocycles. The zero-order valence-electron chi connectivity index (χ0n) is 17.1. The van der Waals surface area contributed by atoms with E-state index in [9.17, 15) is 4.79 Å². The van der Waals surface area contributed by atoms with E-state index in [1.54, 1.807) is 7.05 Å². The molecule has 2 aliphatic rings. The lowest BCUT2D eigenvalue weighted by Gasteiger charge is -2.33. The topological polar surface area (TPSA) is 65.4 Å². The fourth-order valence-corrected chi connectivity index (χ4v) is 4.38. The van der Waals surface area contributed by atoms with Crippen molar-refractivity contribution in [3.05, 3.63) is 29.8 Å². The van der Waals surface area contributed by atoms with Gasteiger partial charge in [-0.3, -0.25) is 15.1 Å². The first-order valence-electron chi connectivity index (χ1n) is 10.1. The molecule has 2 N–H and O–H groups in total. The molecule has 5 heteroatoms. The summed E-state index contributed by atoms with van der Waals surface area (Å²) in [6, 6.07) is 8.05. The molecule has 3 rings (SSSR count). The van der Waals surface area contributed by atoms with Crippen LogP contribution in [0.2, 0.25) is 0 Å². The zero-order chi connectivity index (χ0) is 19.7.